The number of carbonyl (C=O) groups excluding carboxylic acids is 1. The molecule has 0 saturated carbocycles. The molecule has 0 atom stereocenters. The van der Waals surface area contributed by atoms with E-state index in [9.17, 15) is 4.79 Å². The SMILES string of the molecule is COCCNC(=O)c1sc2c(cnc3ccc(C)cc32)c1-c1ccccc1. The van der Waals surface area contributed by atoms with Crippen molar-refractivity contribution < 1.29 is 9.53 Å². The summed E-state index contributed by atoms with van der Waals surface area (Å²) in [6.45, 7) is 3.04. The van der Waals surface area contributed by atoms with Crippen LogP contribution in [0.1, 0.15) is 15.2 Å². The van der Waals surface area contributed by atoms with Crippen LogP contribution < -0.4 is 5.32 Å². The molecule has 5 heteroatoms. The molecule has 2 aromatic carbocycles. The fourth-order valence-corrected chi connectivity index (χ4v) is 4.48. The molecule has 2 heterocycles. The van der Waals surface area contributed by atoms with Crippen LogP contribution in [0.2, 0.25) is 0 Å². The molecule has 27 heavy (non-hydrogen) atoms. The lowest BCUT2D eigenvalue weighted by molar-refractivity contribution is 0.0942. The van der Waals surface area contributed by atoms with Gasteiger partial charge in [0.25, 0.3) is 5.91 Å². The second kappa shape index (κ2) is 7.47. The first-order valence-corrected chi connectivity index (χ1v) is 9.65. The van der Waals surface area contributed by atoms with Crippen molar-refractivity contribution in [1.29, 1.82) is 0 Å². The maximum absolute atomic E-state index is 12.9. The summed E-state index contributed by atoms with van der Waals surface area (Å²) in [6, 6.07) is 16.3. The number of methoxy groups -OCH3 is 1. The van der Waals surface area contributed by atoms with Crippen LogP contribution in [-0.2, 0) is 4.74 Å². The van der Waals surface area contributed by atoms with Gasteiger partial charge in [0.15, 0.2) is 0 Å². The summed E-state index contributed by atoms with van der Waals surface area (Å²) in [5.41, 5.74) is 4.09. The zero-order chi connectivity index (χ0) is 18.8. The predicted molar refractivity (Wildman–Crippen MR) is 112 cm³/mol. The van der Waals surface area contributed by atoms with Crippen molar-refractivity contribution in [2.24, 2.45) is 0 Å². The van der Waals surface area contributed by atoms with E-state index in [-0.39, 0.29) is 5.91 Å². The molecule has 0 spiro atoms. The van der Waals surface area contributed by atoms with Crippen LogP contribution in [0, 0.1) is 6.92 Å². The number of fused-ring (bicyclic) bond motifs is 3. The summed E-state index contributed by atoms with van der Waals surface area (Å²) in [5.74, 6) is -0.0760. The minimum absolute atomic E-state index is 0.0760. The van der Waals surface area contributed by atoms with Crippen LogP contribution in [-0.4, -0.2) is 31.2 Å². The molecular formula is C22H20N2O2S. The van der Waals surface area contributed by atoms with Crippen molar-refractivity contribution in [2.45, 2.75) is 6.92 Å². The van der Waals surface area contributed by atoms with Gasteiger partial charge in [-0.3, -0.25) is 9.78 Å². The molecule has 0 aliphatic heterocycles. The van der Waals surface area contributed by atoms with Crippen molar-refractivity contribution in [3.63, 3.8) is 0 Å². The van der Waals surface area contributed by atoms with Crippen molar-refractivity contribution in [3.05, 3.63) is 65.2 Å². The van der Waals surface area contributed by atoms with E-state index in [4.69, 9.17) is 4.74 Å². The smallest absolute Gasteiger partial charge is 0.262 e. The van der Waals surface area contributed by atoms with Crippen molar-refractivity contribution in [1.82, 2.24) is 10.3 Å². The number of amides is 1. The molecular weight excluding hydrogens is 356 g/mol. The number of rotatable bonds is 5. The van der Waals surface area contributed by atoms with E-state index in [1.807, 2.05) is 42.6 Å². The van der Waals surface area contributed by atoms with Gasteiger partial charge in [0, 0.05) is 40.9 Å². The Bertz CT molecular complexity index is 1120. The highest BCUT2D eigenvalue weighted by molar-refractivity contribution is 7.22. The Kier molecular flexibility index (Phi) is 4.88. The number of benzene rings is 2. The Hall–Kier alpha value is -2.76. The number of hydrogen-bond acceptors (Lipinski definition) is 4. The number of carbonyl (C=O) groups is 1. The zero-order valence-electron chi connectivity index (χ0n) is 15.3. The van der Waals surface area contributed by atoms with E-state index < -0.39 is 0 Å². The standard InChI is InChI=1S/C22H20N2O2S/c1-14-8-9-18-16(12-14)20-17(13-24-18)19(15-6-4-3-5-7-15)21(27-20)22(25)23-10-11-26-2/h3-9,12-13H,10-11H2,1-2H3,(H,23,25). The Morgan fingerprint density at radius 2 is 1.96 bits per heavy atom. The lowest BCUT2D eigenvalue weighted by Crippen LogP contribution is -2.26. The third kappa shape index (κ3) is 3.31. The molecule has 136 valence electrons. The average Bonchev–Trinajstić information content (AvgIpc) is 3.09. The molecule has 4 nitrogen and oxygen atoms in total. The van der Waals surface area contributed by atoms with Gasteiger partial charge in [-0.05, 0) is 24.6 Å². The van der Waals surface area contributed by atoms with Crippen LogP contribution >= 0.6 is 11.3 Å². The van der Waals surface area contributed by atoms with E-state index in [1.165, 1.54) is 16.9 Å². The van der Waals surface area contributed by atoms with Crippen LogP contribution in [0.25, 0.3) is 32.1 Å². The van der Waals surface area contributed by atoms with Gasteiger partial charge < -0.3 is 10.1 Å². The Balaban J connectivity index is 1.96. The highest BCUT2D eigenvalue weighted by Gasteiger charge is 2.21. The lowest BCUT2D eigenvalue weighted by Gasteiger charge is -2.06. The summed E-state index contributed by atoms with van der Waals surface area (Å²) in [7, 11) is 1.63. The molecule has 1 N–H and O–H groups in total. The van der Waals surface area contributed by atoms with Gasteiger partial charge in [-0.1, -0.05) is 42.0 Å². The Labute approximate surface area is 161 Å². The third-order valence-electron chi connectivity index (χ3n) is 4.54. The fraction of sp³-hybridized carbons (Fsp3) is 0.182. The molecule has 0 aliphatic rings. The second-order valence-corrected chi connectivity index (χ2v) is 7.46. The molecule has 2 aromatic heterocycles. The van der Waals surface area contributed by atoms with Gasteiger partial charge in [-0.15, -0.1) is 11.3 Å². The first kappa shape index (κ1) is 17.6. The summed E-state index contributed by atoms with van der Waals surface area (Å²) < 4.78 is 6.15. The van der Waals surface area contributed by atoms with Gasteiger partial charge in [0.05, 0.1) is 12.1 Å². The minimum atomic E-state index is -0.0760. The maximum Gasteiger partial charge on any atom is 0.262 e. The predicted octanol–water partition coefficient (Wildman–Crippen LogP) is 4.80. The molecule has 0 aliphatic carbocycles. The van der Waals surface area contributed by atoms with Crippen molar-refractivity contribution in [2.75, 3.05) is 20.3 Å². The van der Waals surface area contributed by atoms with E-state index in [2.05, 4.69) is 29.4 Å². The van der Waals surface area contributed by atoms with Gasteiger partial charge in [-0.25, -0.2) is 0 Å². The minimum Gasteiger partial charge on any atom is -0.383 e. The number of aryl methyl sites for hydroxylation is 1. The Morgan fingerprint density at radius 1 is 1.15 bits per heavy atom. The largest absolute Gasteiger partial charge is 0.383 e. The highest BCUT2D eigenvalue weighted by Crippen LogP contribution is 2.41. The Morgan fingerprint density at radius 3 is 2.74 bits per heavy atom. The summed E-state index contributed by atoms with van der Waals surface area (Å²) in [6.07, 6.45) is 1.89. The molecule has 0 unspecified atom stereocenters. The zero-order valence-corrected chi connectivity index (χ0v) is 16.1. The first-order valence-electron chi connectivity index (χ1n) is 8.83. The van der Waals surface area contributed by atoms with Gasteiger partial charge >= 0.3 is 0 Å². The van der Waals surface area contributed by atoms with Gasteiger partial charge in [0.1, 0.15) is 4.88 Å². The van der Waals surface area contributed by atoms with E-state index >= 15 is 0 Å². The number of nitrogens with zero attached hydrogens (tertiary/aromatic N) is 1. The topological polar surface area (TPSA) is 51.2 Å². The van der Waals surface area contributed by atoms with Gasteiger partial charge in [-0.2, -0.15) is 0 Å². The lowest BCUT2D eigenvalue weighted by atomic mass is 10.0. The molecule has 0 saturated heterocycles. The fourth-order valence-electron chi connectivity index (χ4n) is 3.24. The number of thiophene rings is 1. The maximum atomic E-state index is 12.9. The van der Waals surface area contributed by atoms with E-state index in [0.717, 1.165) is 32.1 Å². The number of ether oxygens (including phenoxy) is 1. The second-order valence-electron chi connectivity index (χ2n) is 6.44. The van der Waals surface area contributed by atoms with Gasteiger partial charge in [0.2, 0.25) is 0 Å². The number of nitrogens with one attached hydrogen (secondary N) is 1. The van der Waals surface area contributed by atoms with Crippen LogP contribution in [0.4, 0.5) is 0 Å². The molecule has 0 bridgehead atoms. The van der Waals surface area contributed by atoms with Crippen LogP contribution in [0.5, 0.6) is 0 Å². The summed E-state index contributed by atoms with van der Waals surface area (Å²) in [4.78, 5) is 18.3. The normalized spacial score (nSPS) is 11.2. The molecule has 0 fully saturated rings. The summed E-state index contributed by atoms with van der Waals surface area (Å²) >= 11 is 1.53. The monoisotopic (exact) mass is 376 g/mol. The van der Waals surface area contributed by atoms with E-state index in [0.29, 0.717) is 18.0 Å². The highest BCUT2D eigenvalue weighted by atomic mass is 32.1. The molecule has 4 rings (SSSR count). The van der Waals surface area contributed by atoms with Crippen LogP contribution in [0.15, 0.2) is 54.7 Å². The number of aromatic nitrogens is 1. The van der Waals surface area contributed by atoms with Crippen molar-refractivity contribution >= 4 is 38.2 Å². The molecule has 1 amide bonds. The third-order valence-corrected chi connectivity index (χ3v) is 5.77. The number of pyridine rings is 1. The van der Waals surface area contributed by atoms with E-state index in [1.54, 1.807) is 7.11 Å². The molecule has 0 radical (unpaired) electrons. The first-order chi connectivity index (χ1) is 13.2. The summed E-state index contributed by atoms with van der Waals surface area (Å²) in [5, 5.41) is 5.06. The number of hydrogen-bond donors (Lipinski definition) is 1. The van der Waals surface area contributed by atoms with Crippen molar-refractivity contribution in [3.8, 4) is 11.1 Å². The quantitative estimate of drug-likeness (QED) is 0.509. The molecule has 4 aromatic rings. The van der Waals surface area contributed by atoms with Crippen LogP contribution in [0.3, 0.4) is 0 Å². The average molecular weight is 376 g/mol.